The van der Waals surface area contributed by atoms with Crippen LogP contribution in [0.1, 0.15) is 25.0 Å². The van der Waals surface area contributed by atoms with Crippen molar-refractivity contribution in [3.8, 4) is 0 Å². The molecule has 0 aromatic carbocycles. The molecule has 2 unspecified atom stereocenters. The fourth-order valence-electron chi connectivity index (χ4n) is 3.48. The van der Waals surface area contributed by atoms with Gasteiger partial charge >= 0.3 is 0 Å². The van der Waals surface area contributed by atoms with Gasteiger partial charge in [0.25, 0.3) is 0 Å². The molecule has 3 rings (SSSR count). The van der Waals surface area contributed by atoms with E-state index in [-0.39, 0.29) is 5.84 Å². The highest BCUT2D eigenvalue weighted by Crippen LogP contribution is 2.31. The third kappa shape index (κ3) is 2.47. The first-order chi connectivity index (χ1) is 9.65. The molecule has 3 N–H and O–H groups in total. The van der Waals surface area contributed by atoms with Crippen LogP contribution in [0.25, 0.3) is 0 Å². The molecule has 2 aliphatic rings. The number of hydrogen-bond acceptors (Lipinski definition) is 5. The minimum absolute atomic E-state index is 0.0309. The lowest BCUT2D eigenvalue weighted by Gasteiger charge is -2.46. The van der Waals surface area contributed by atoms with Gasteiger partial charge in [-0.2, -0.15) is 0 Å². The highest BCUT2D eigenvalue weighted by Gasteiger charge is 2.34. The molecule has 2 aliphatic heterocycles. The molecule has 108 valence electrons. The largest absolute Gasteiger partial charge is 0.382 e. The second kappa shape index (κ2) is 5.36. The molecule has 0 bridgehead atoms. The summed E-state index contributed by atoms with van der Waals surface area (Å²) < 4.78 is 0. The second-order valence-corrected chi connectivity index (χ2v) is 5.86. The van der Waals surface area contributed by atoms with Crippen molar-refractivity contribution in [2.45, 2.75) is 25.3 Å². The Bertz CT molecular complexity index is 485. The lowest BCUT2D eigenvalue weighted by Crippen LogP contribution is -2.52. The van der Waals surface area contributed by atoms with Crippen molar-refractivity contribution in [1.29, 1.82) is 5.41 Å². The molecule has 1 aromatic rings. The Labute approximate surface area is 119 Å². The lowest BCUT2D eigenvalue weighted by atomic mass is 9.84. The number of nitrogens with two attached hydrogens (primary N) is 1. The van der Waals surface area contributed by atoms with Crippen LogP contribution in [0.5, 0.6) is 0 Å². The third-order valence-electron chi connectivity index (χ3n) is 4.58. The summed E-state index contributed by atoms with van der Waals surface area (Å²) in [6, 6.07) is 0.726. The van der Waals surface area contributed by atoms with Crippen molar-refractivity contribution < 1.29 is 0 Å². The Morgan fingerprint density at radius 2 is 2.15 bits per heavy atom. The van der Waals surface area contributed by atoms with E-state index in [9.17, 15) is 0 Å². The van der Waals surface area contributed by atoms with Gasteiger partial charge in [0.2, 0.25) is 0 Å². The van der Waals surface area contributed by atoms with Gasteiger partial charge in [-0.3, -0.25) is 5.41 Å². The summed E-state index contributed by atoms with van der Waals surface area (Å²) >= 11 is 0. The minimum atomic E-state index is -0.0309. The molecule has 0 amide bonds. The van der Waals surface area contributed by atoms with Gasteiger partial charge in [0.05, 0.1) is 12.4 Å². The number of piperidine rings is 2. The van der Waals surface area contributed by atoms with E-state index < -0.39 is 0 Å². The van der Waals surface area contributed by atoms with E-state index in [1.807, 2.05) is 0 Å². The van der Waals surface area contributed by atoms with Crippen LogP contribution in [-0.2, 0) is 0 Å². The monoisotopic (exact) mass is 274 g/mol. The highest BCUT2D eigenvalue weighted by atomic mass is 15.2. The Morgan fingerprint density at radius 1 is 1.30 bits per heavy atom. The summed E-state index contributed by atoms with van der Waals surface area (Å²) in [5.41, 5.74) is 5.85. The molecule has 6 nitrogen and oxygen atoms in total. The molecule has 0 saturated carbocycles. The Kier molecular flexibility index (Phi) is 3.56. The number of amidine groups is 1. The maximum Gasteiger partial charge on any atom is 0.147 e. The smallest absolute Gasteiger partial charge is 0.147 e. The van der Waals surface area contributed by atoms with Crippen LogP contribution in [0, 0.1) is 11.3 Å². The first-order valence-corrected chi connectivity index (χ1v) is 7.27. The molecule has 2 fully saturated rings. The van der Waals surface area contributed by atoms with Crippen molar-refractivity contribution in [3.05, 3.63) is 18.1 Å². The molecule has 6 heteroatoms. The van der Waals surface area contributed by atoms with Crippen molar-refractivity contribution in [2.24, 2.45) is 11.7 Å². The first-order valence-electron chi connectivity index (χ1n) is 7.27. The molecule has 3 heterocycles. The van der Waals surface area contributed by atoms with E-state index in [0.29, 0.717) is 5.69 Å². The quantitative estimate of drug-likeness (QED) is 0.612. The molecule has 0 radical (unpaired) electrons. The number of anilines is 1. The highest BCUT2D eigenvalue weighted by molar-refractivity contribution is 5.92. The lowest BCUT2D eigenvalue weighted by molar-refractivity contribution is 0.102. The van der Waals surface area contributed by atoms with Crippen molar-refractivity contribution in [3.63, 3.8) is 0 Å². The van der Waals surface area contributed by atoms with Gasteiger partial charge in [-0.1, -0.05) is 0 Å². The van der Waals surface area contributed by atoms with E-state index in [1.165, 1.54) is 25.8 Å². The van der Waals surface area contributed by atoms with Gasteiger partial charge < -0.3 is 15.5 Å². The summed E-state index contributed by atoms with van der Waals surface area (Å²) in [7, 11) is 2.24. The number of likely N-dealkylation sites (tertiary alicyclic amines) is 1. The molecule has 2 atom stereocenters. The summed E-state index contributed by atoms with van der Waals surface area (Å²) in [6.45, 7) is 3.32. The summed E-state index contributed by atoms with van der Waals surface area (Å²) in [5.74, 6) is 1.61. The van der Waals surface area contributed by atoms with Gasteiger partial charge in [0.1, 0.15) is 17.3 Å². The molecule has 0 spiro atoms. The normalized spacial score (nSPS) is 27.1. The zero-order chi connectivity index (χ0) is 14.1. The maximum absolute atomic E-state index is 7.35. The SMILES string of the molecule is CN1CCCC2CN(c3cnc(C(=N)N)cn3)CCC21. The molecule has 2 saturated heterocycles. The number of nitrogen functional groups attached to an aromatic ring is 1. The molecular weight excluding hydrogens is 252 g/mol. The third-order valence-corrected chi connectivity index (χ3v) is 4.58. The number of rotatable bonds is 2. The summed E-state index contributed by atoms with van der Waals surface area (Å²) in [5, 5.41) is 7.35. The molecule has 1 aromatic heterocycles. The number of hydrogen-bond donors (Lipinski definition) is 2. The van der Waals surface area contributed by atoms with E-state index >= 15 is 0 Å². The number of aromatic nitrogens is 2. The van der Waals surface area contributed by atoms with Gasteiger partial charge in [-0.25, -0.2) is 9.97 Å². The van der Waals surface area contributed by atoms with E-state index in [2.05, 4.69) is 26.8 Å². The Hall–Kier alpha value is -1.69. The van der Waals surface area contributed by atoms with Crippen LogP contribution in [-0.4, -0.2) is 53.4 Å². The summed E-state index contributed by atoms with van der Waals surface area (Å²) in [4.78, 5) is 13.4. The van der Waals surface area contributed by atoms with Crippen molar-refractivity contribution in [1.82, 2.24) is 14.9 Å². The van der Waals surface area contributed by atoms with Gasteiger partial charge in [-0.15, -0.1) is 0 Å². The Balaban J connectivity index is 1.71. The minimum Gasteiger partial charge on any atom is -0.382 e. The average molecular weight is 274 g/mol. The first kappa shape index (κ1) is 13.3. The van der Waals surface area contributed by atoms with Gasteiger partial charge in [0, 0.05) is 19.1 Å². The van der Waals surface area contributed by atoms with E-state index in [1.54, 1.807) is 12.4 Å². The van der Waals surface area contributed by atoms with Crippen LogP contribution in [0.2, 0.25) is 0 Å². The molecule has 20 heavy (non-hydrogen) atoms. The number of nitrogens with zero attached hydrogens (tertiary/aromatic N) is 4. The number of nitrogens with one attached hydrogen (secondary N) is 1. The summed E-state index contributed by atoms with van der Waals surface area (Å²) in [6.07, 6.45) is 7.13. The molecule has 0 aliphatic carbocycles. The predicted molar refractivity (Wildman–Crippen MR) is 79.0 cm³/mol. The Morgan fingerprint density at radius 3 is 2.85 bits per heavy atom. The van der Waals surface area contributed by atoms with Crippen LogP contribution in [0.15, 0.2) is 12.4 Å². The van der Waals surface area contributed by atoms with Crippen molar-refractivity contribution >= 4 is 11.7 Å². The fraction of sp³-hybridized carbons (Fsp3) is 0.643. The van der Waals surface area contributed by atoms with Crippen LogP contribution < -0.4 is 10.6 Å². The second-order valence-electron chi connectivity index (χ2n) is 5.86. The maximum atomic E-state index is 7.35. The number of fused-ring (bicyclic) bond motifs is 1. The standard InChI is InChI=1S/C14H22N6/c1-19-5-2-3-10-9-20(6-4-12(10)19)13-8-17-11(7-18-13)14(15)16/h7-8,10,12H,2-6,9H2,1H3,(H3,15,16). The molecular formula is C14H22N6. The predicted octanol–water partition coefficient (Wildman–Crippen LogP) is 0.681. The van der Waals surface area contributed by atoms with Crippen molar-refractivity contribution in [2.75, 3.05) is 31.6 Å². The topological polar surface area (TPSA) is 82.1 Å². The average Bonchev–Trinajstić information content (AvgIpc) is 2.47. The van der Waals surface area contributed by atoms with Crippen LogP contribution in [0.3, 0.4) is 0 Å². The fourth-order valence-corrected chi connectivity index (χ4v) is 3.48. The zero-order valence-corrected chi connectivity index (χ0v) is 11.9. The van der Waals surface area contributed by atoms with Gasteiger partial charge in [0.15, 0.2) is 0 Å². The zero-order valence-electron chi connectivity index (χ0n) is 11.9. The van der Waals surface area contributed by atoms with Crippen LogP contribution in [0.4, 0.5) is 5.82 Å². The van der Waals surface area contributed by atoms with E-state index in [0.717, 1.165) is 30.9 Å². The van der Waals surface area contributed by atoms with Gasteiger partial charge in [-0.05, 0) is 38.8 Å². The van der Waals surface area contributed by atoms with E-state index in [4.69, 9.17) is 11.1 Å². The van der Waals surface area contributed by atoms with Crippen LogP contribution >= 0.6 is 0 Å².